The van der Waals surface area contributed by atoms with Crippen molar-refractivity contribution in [1.29, 1.82) is 0 Å². The van der Waals surface area contributed by atoms with E-state index in [0.29, 0.717) is 58.8 Å². The summed E-state index contributed by atoms with van der Waals surface area (Å²) in [6.07, 6.45) is 0.606. The quantitative estimate of drug-likeness (QED) is 0.0960. The Kier molecular flexibility index (Phi) is 11.6. The molecule has 7 nitrogen and oxygen atoms in total. The van der Waals surface area contributed by atoms with Gasteiger partial charge in [0.05, 0.1) is 6.61 Å². The van der Waals surface area contributed by atoms with Gasteiger partial charge in [-0.05, 0) is 78.2 Å². The highest BCUT2D eigenvalue weighted by molar-refractivity contribution is 9.10. The molecule has 0 bridgehead atoms. The summed E-state index contributed by atoms with van der Waals surface area (Å²) >= 11 is 20.0. The second-order valence-electron chi connectivity index (χ2n) is 10.5. The molecule has 0 fully saturated rings. The Labute approximate surface area is 289 Å². The van der Waals surface area contributed by atoms with Crippen molar-refractivity contribution in [3.8, 4) is 5.75 Å². The lowest BCUT2D eigenvalue weighted by atomic mass is 9.82. The zero-order valence-corrected chi connectivity index (χ0v) is 28.8. The summed E-state index contributed by atoms with van der Waals surface area (Å²) in [6, 6.07) is 28.2. The van der Waals surface area contributed by atoms with Crippen molar-refractivity contribution in [3.05, 3.63) is 132 Å². The number of ether oxygens (including phenoxy) is 2. The summed E-state index contributed by atoms with van der Waals surface area (Å²) in [4.78, 5) is 19.4. The van der Waals surface area contributed by atoms with Crippen LogP contribution in [0.2, 0.25) is 10.0 Å². The SMILES string of the molecule is O=C(NNCCc1ccc(Br)cc1)[C@@]1(Cc2ccc(Br)cc2)N=C(c2ccc(OCCCO)cc2)O[C@H]1c1ccc(Cl)cc1Cl. The summed E-state index contributed by atoms with van der Waals surface area (Å²) in [6.45, 7) is 0.956. The Balaban J connectivity index is 1.49. The first-order chi connectivity index (χ1) is 21.8. The number of nitrogens with one attached hydrogen (secondary N) is 2. The summed E-state index contributed by atoms with van der Waals surface area (Å²) in [5.74, 6) is 0.586. The van der Waals surface area contributed by atoms with E-state index >= 15 is 0 Å². The molecule has 234 valence electrons. The van der Waals surface area contributed by atoms with Gasteiger partial charge in [0.15, 0.2) is 11.6 Å². The van der Waals surface area contributed by atoms with E-state index in [1.807, 2.05) is 60.7 Å². The number of hydrogen-bond acceptors (Lipinski definition) is 6. The molecule has 1 amide bonds. The number of aliphatic hydroxyl groups excluding tert-OH is 1. The first kappa shape index (κ1) is 33.4. The van der Waals surface area contributed by atoms with Gasteiger partial charge in [-0.1, -0.05) is 85.4 Å². The molecule has 0 spiro atoms. The van der Waals surface area contributed by atoms with E-state index < -0.39 is 11.6 Å². The van der Waals surface area contributed by atoms with Crippen molar-refractivity contribution >= 4 is 66.9 Å². The highest BCUT2D eigenvalue weighted by Gasteiger charge is 2.54. The van der Waals surface area contributed by atoms with Crippen molar-refractivity contribution in [2.75, 3.05) is 19.8 Å². The van der Waals surface area contributed by atoms with Gasteiger partial charge >= 0.3 is 0 Å². The number of aliphatic hydroxyl groups is 1. The first-order valence-corrected chi connectivity index (χ1v) is 16.7. The van der Waals surface area contributed by atoms with Crippen LogP contribution in [0.3, 0.4) is 0 Å². The number of amides is 1. The van der Waals surface area contributed by atoms with Gasteiger partial charge in [0.25, 0.3) is 5.91 Å². The number of rotatable bonds is 13. The molecule has 0 aromatic heterocycles. The van der Waals surface area contributed by atoms with Gasteiger partial charge in [-0.2, -0.15) is 0 Å². The van der Waals surface area contributed by atoms with Crippen molar-refractivity contribution < 1.29 is 19.4 Å². The molecule has 11 heteroatoms. The van der Waals surface area contributed by atoms with E-state index in [4.69, 9.17) is 42.8 Å². The van der Waals surface area contributed by atoms with Crippen LogP contribution in [0.1, 0.15) is 34.8 Å². The van der Waals surface area contributed by atoms with Crippen molar-refractivity contribution in [2.24, 2.45) is 4.99 Å². The van der Waals surface area contributed by atoms with Gasteiger partial charge in [0.2, 0.25) is 5.90 Å². The van der Waals surface area contributed by atoms with E-state index in [1.165, 1.54) is 0 Å². The van der Waals surface area contributed by atoms with E-state index in [-0.39, 0.29) is 18.9 Å². The molecule has 5 rings (SSSR count). The zero-order valence-electron chi connectivity index (χ0n) is 24.1. The van der Waals surface area contributed by atoms with Crippen molar-refractivity contribution in [3.63, 3.8) is 0 Å². The lowest BCUT2D eigenvalue weighted by Gasteiger charge is -2.31. The largest absolute Gasteiger partial charge is 0.494 e. The van der Waals surface area contributed by atoms with Crippen LogP contribution in [0.25, 0.3) is 0 Å². The lowest BCUT2D eigenvalue weighted by Crippen LogP contribution is -2.54. The monoisotopic (exact) mass is 773 g/mol. The maximum Gasteiger partial charge on any atom is 0.266 e. The Bertz CT molecular complexity index is 1640. The third-order valence-corrected chi connectivity index (χ3v) is 8.94. The fraction of sp³-hybridized carbons (Fsp3) is 0.235. The highest BCUT2D eigenvalue weighted by Crippen LogP contribution is 2.45. The maximum atomic E-state index is 14.3. The first-order valence-electron chi connectivity index (χ1n) is 14.3. The average Bonchev–Trinajstić information content (AvgIpc) is 3.41. The van der Waals surface area contributed by atoms with Crippen LogP contribution in [0, 0.1) is 0 Å². The van der Waals surface area contributed by atoms with Crippen LogP contribution >= 0.6 is 55.1 Å². The van der Waals surface area contributed by atoms with Crippen LogP contribution < -0.4 is 15.6 Å². The standard InChI is InChI=1S/C34H31Br2Cl2N3O4/c35-25-8-2-22(3-9-25)16-17-39-41-33(43)34(21-23-4-10-26(36)11-5-23)31(29-15-12-27(37)20-30(29)38)45-32(40-34)24-6-13-28(14-7-24)44-19-1-18-42/h2-15,20,31,39,42H,1,16-19,21H2,(H,41,43)/t31-,34-/m0/s1. The molecule has 0 saturated heterocycles. The molecule has 0 unspecified atom stereocenters. The highest BCUT2D eigenvalue weighted by atomic mass is 79.9. The number of aliphatic imine (C=N–C) groups is 1. The normalized spacial score (nSPS) is 17.4. The van der Waals surface area contributed by atoms with Gasteiger partial charge in [0.1, 0.15) is 5.75 Å². The Morgan fingerprint density at radius 2 is 1.60 bits per heavy atom. The summed E-state index contributed by atoms with van der Waals surface area (Å²) in [5, 5.41) is 9.90. The van der Waals surface area contributed by atoms with Crippen molar-refractivity contribution in [1.82, 2.24) is 10.9 Å². The van der Waals surface area contributed by atoms with Crippen molar-refractivity contribution in [2.45, 2.75) is 30.9 Å². The molecule has 2 atom stereocenters. The summed E-state index contributed by atoms with van der Waals surface area (Å²) in [7, 11) is 0. The molecule has 1 aliphatic rings. The second kappa shape index (κ2) is 15.6. The van der Waals surface area contributed by atoms with Gasteiger partial charge < -0.3 is 14.6 Å². The predicted octanol–water partition coefficient (Wildman–Crippen LogP) is 7.64. The van der Waals surface area contributed by atoms with E-state index in [9.17, 15) is 4.79 Å². The van der Waals surface area contributed by atoms with Crippen LogP contribution in [-0.2, 0) is 22.4 Å². The third kappa shape index (κ3) is 8.47. The molecule has 0 radical (unpaired) electrons. The number of benzene rings is 4. The zero-order chi connectivity index (χ0) is 31.8. The molecular weight excluding hydrogens is 745 g/mol. The number of carbonyl (C=O) groups is 1. The van der Waals surface area contributed by atoms with Gasteiger partial charge in [-0.25, -0.2) is 10.4 Å². The molecule has 3 N–H and O–H groups in total. The predicted molar refractivity (Wildman–Crippen MR) is 185 cm³/mol. The molecule has 0 aliphatic carbocycles. The minimum Gasteiger partial charge on any atom is -0.494 e. The van der Waals surface area contributed by atoms with Gasteiger partial charge in [-0.3, -0.25) is 10.2 Å². The van der Waals surface area contributed by atoms with Crippen LogP contribution in [0.5, 0.6) is 5.75 Å². The van der Waals surface area contributed by atoms with Crippen LogP contribution in [-0.4, -0.2) is 42.2 Å². The molecule has 4 aromatic rings. The molecule has 0 saturated carbocycles. The number of hydrazine groups is 1. The Morgan fingerprint density at radius 1 is 0.933 bits per heavy atom. The molecule has 45 heavy (non-hydrogen) atoms. The Hall–Kier alpha value is -2.92. The van der Waals surface area contributed by atoms with Crippen LogP contribution in [0.4, 0.5) is 0 Å². The fourth-order valence-electron chi connectivity index (χ4n) is 5.00. The molecular formula is C34H31Br2Cl2N3O4. The number of halogens is 4. The van der Waals surface area contributed by atoms with Crippen LogP contribution in [0.15, 0.2) is 105 Å². The van der Waals surface area contributed by atoms with Gasteiger partial charge in [0, 0.05) is 56.1 Å². The molecule has 1 heterocycles. The summed E-state index contributed by atoms with van der Waals surface area (Å²) in [5.41, 5.74) is 7.86. The lowest BCUT2D eigenvalue weighted by molar-refractivity contribution is -0.130. The third-order valence-electron chi connectivity index (χ3n) is 7.32. The van der Waals surface area contributed by atoms with E-state index in [0.717, 1.165) is 20.1 Å². The molecule has 4 aromatic carbocycles. The Morgan fingerprint density at radius 3 is 2.24 bits per heavy atom. The molecule has 1 aliphatic heterocycles. The topological polar surface area (TPSA) is 92.2 Å². The second-order valence-corrected chi connectivity index (χ2v) is 13.2. The van der Waals surface area contributed by atoms with E-state index in [2.05, 4.69) is 42.7 Å². The minimum absolute atomic E-state index is 0.0545. The fourth-order valence-corrected chi connectivity index (χ4v) is 6.03. The number of nitrogens with zero attached hydrogens (tertiary/aromatic N) is 1. The minimum atomic E-state index is -1.43. The number of hydrogen-bond donors (Lipinski definition) is 3. The maximum absolute atomic E-state index is 14.3. The summed E-state index contributed by atoms with van der Waals surface area (Å²) < 4.78 is 14.2. The van der Waals surface area contributed by atoms with Gasteiger partial charge in [-0.15, -0.1) is 0 Å². The van der Waals surface area contributed by atoms with E-state index in [1.54, 1.807) is 30.3 Å². The average molecular weight is 776 g/mol. The smallest absolute Gasteiger partial charge is 0.266 e. The number of carbonyl (C=O) groups excluding carboxylic acids is 1.